The Morgan fingerprint density at radius 1 is 1.14 bits per heavy atom. The van der Waals surface area contributed by atoms with Crippen molar-refractivity contribution in [2.75, 3.05) is 18.9 Å². The number of amides is 2. The third kappa shape index (κ3) is 4.31. The molecule has 3 aliphatic rings. The number of hydrogen-bond donors (Lipinski definition) is 4. The van der Waals surface area contributed by atoms with Gasteiger partial charge in [0.05, 0.1) is 52.1 Å². The summed E-state index contributed by atoms with van der Waals surface area (Å²) in [7, 11) is 1.51. The normalized spacial score (nSPS) is 23.0. The lowest BCUT2D eigenvalue weighted by molar-refractivity contribution is -0.119. The number of anilines is 1. The molecule has 180 valence electrons. The molecule has 35 heavy (non-hydrogen) atoms. The van der Waals surface area contributed by atoms with E-state index >= 15 is 0 Å². The fourth-order valence-corrected chi connectivity index (χ4v) is 5.12. The summed E-state index contributed by atoms with van der Waals surface area (Å²) < 4.78 is 1.71. The van der Waals surface area contributed by atoms with Gasteiger partial charge in [-0.25, -0.2) is 4.52 Å². The Morgan fingerprint density at radius 3 is 2.57 bits per heavy atom. The van der Waals surface area contributed by atoms with Gasteiger partial charge >= 0.3 is 0 Å². The minimum atomic E-state index is -0.570. The maximum absolute atomic E-state index is 13.0. The highest BCUT2D eigenvalue weighted by atomic mass is 16.3. The standard InChI is InChI=1S/C25H27N7O3/c1-27-22(33)15-29-23(34)18-14-28-20(21-3-2-17-10-16(12-26)13-30-32(17)21)11-19(18)31-24-4-7-25(35,8-5-24)9-6-24/h2-3,10-11,13-14,35H,4-9,15H2,1H3,(H,27,33)(H,28,31)(H,29,34). The van der Waals surface area contributed by atoms with Crippen molar-refractivity contribution >= 4 is 23.0 Å². The van der Waals surface area contributed by atoms with Crippen LogP contribution >= 0.6 is 0 Å². The summed E-state index contributed by atoms with van der Waals surface area (Å²) in [6.07, 6.45) is 7.63. The molecule has 10 heteroatoms. The van der Waals surface area contributed by atoms with Crippen molar-refractivity contribution in [1.29, 1.82) is 5.26 Å². The smallest absolute Gasteiger partial charge is 0.255 e. The number of carbonyl (C=O) groups excluding carboxylic acids is 2. The number of rotatable bonds is 6. The Bertz CT molecular complexity index is 1330. The van der Waals surface area contributed by atoms with Crippen LogP contribution < -0.4 is 16.0 Å². The number of nitriles is 1. The van der Waals surface area contributed by atoms with Gasteiger partial charge in [-0.3, -0.25) is 14.6 Å². The van der Waals surface area contributed by atoms with Gasteiger partial charge in [-0.2, -0.15) is 10.4 Å². The zero-order chi connectivity index (χ0) is 24.6. The second kappa shape index (κ2) is 8.67. The molecule has 3 aromatic heterocycles. The lowest BCUT2D eigenvalue weighted by atomic mass is 9.63. The predicted molar refractivity (Wildman–Crippen MR) is 129 cm³/mol. The van der Waals surface area contributed by atoms with Gasteiger partial charge in [0, 0.05) is 18.8 Å². The fourth-order valence-electron chi connectivity index (χ4n) is 5.12. The first-order valence-corrected chi connectivity index (χ1v) is 11.7. The van der Waals surface area contributed by atoms with E-state index in [1.54, 1.807) is 10.6 Å². The summed E-state index contributed by atoms with van der Waals surface area (Å²) in [5.74, 6) is -0.691. The van der Waals surface area contributed by atoms with Gasteiger partial charge in [-0.15, -0.1) is 0 Å². The minimum Gasteiger partial charge on any atom is -0.390 e. The first-order chi connectivity index (χ1) is 16.8. The van der Waals surface area contributed by atoms with Gasteiger partial charge in [0.25, 0.3) is 5.91 Å². The van der Waals surface area contributed by atoms with Crippen molar-refractivity contribution in [1.82, 2.24) is 25.2 Å². The van der Waals surface area contributed by atoms with E-state index in [0.29, 0.717) is 22.5 Å². The number of aliphatic hydroxyl groups is 1. The molecule has 0 aliphatic heterocycles. The van der Waals surface area contributed by atoms with Crippen molar-refractivity contribution in [3.05, 3.63) is 47.8 Å². The quantitative estimate of drug-likeness (QED) is 0.428. The first-order valence-electron chi connectivity index (χ1n) is 11.7. The second-order valence-corrected chi connectivity index (χ2v) is 9.51. The number of fused-ring (bicyclic) bond motifs is 4. The Kier molecular flexibility index (Phi) is 5.65. The molecular formula is C25H27N7O3. The summed E-state index contributed by atoms with van der Waals surface area (Å²) >= 11 is 0. The molecule has 3 aliphatic carbocycles. The minimum absolute atomic E-state index is 0.136. The first kappa shape index (κ1) is 22.8. The van der Waals surface area contributed by atoms with Crippen molar-refractivity contribution in [3.63, 3.8) is 0 Å². The van der Waals surface area contributed by atoms with Gasteiger partial charge in [-0.1, -0.05) is 0 Å². The lowest BCUT2D eigenvalue weighted by Gasteiger charge is -2.51. The Labute approximate surface area is 202 Å². The van der Waals surface area contributed by atoms with Crippen LogP contribution in [0.4, 0.5) is 5.69 Å². The van der Waals surface area contributed by atoms with E-state index in [0.717, 1.165) is 49.7 Å². The Morgan fingerprint density at radius 2 is 1.89 bits per heavy atom. The molecule has 2 bridgehead atoms. The largest absolute Gasteiger partial charge is 0.390 e. The molecule has 0 unspecified atom stereocenters. The third-order valence-corrected chi connectivity index (χ3v) is 7.34. The number of carbonyl (C=O) groups is 2. The van der Waals surface area contributed by atoms with Gasteiger partial charge < -0.3 is 21.1 Å². The van der Waals surface area contributed by atoms with E-state index in [2.05, 4.69) is 32.1 Å². The number of likely N-dealkylation sites (N-methyl/N-ethyl adjacent to an activating group) is 1. The summed E-state index contributed by atoms with van der Waals surface area (Å²) in [6, 6.07) is 9.42. The average Bonchev–Trinajstić information content (AvgIpc) is 3.31. The molecule has 10 nitrogen and oxygen atoms in total. The monoisotopic (exact) mass is 473 g/mol. The van der Waals surface area contributed by atoms with E-state index in [-0.39, 0.29) is 18.0 Å². The lowest BCUT2D eigenvalue weighted by Crippen LogP contribution is -2.54. The highest BCUT2D eigenvalue weighted by molar-refractivity contribution is 6.01. The molecule has 3 aromatic rings. The van der Waals surface area contributed by atoms with Crippen LogP contribution in [-0.4, -0.2) is 56.3 Å². The summed E-state index contributed by atoms with van der Waals surface area (Å²) in [6.45, 7) is -0.136. The molecule has 3 fully saturated rings. The molecule has 4 N–H and O–H groups in total. The molecule has 3 saturated carbocycles. The number of aromatic nitrogens is 3. The van der Waals surface area contributed by atoms with Crippen molar-refractivity contribution < 1.29 is 14.7 Å². The van der Waals surface area contributed by atoms with E-state index in [9.17, 15) is 14.7 Å². The van der Waals surface area contributed by atoms with Crippen LogP contribution in [0, 0.1) is 11.3 Å². The third-order valence-electron chi connectivity index (χ3n) is 7.34. The number of nitrogens with one attached hydrogen (secondary N) is 3. The van der Waals surface area contributed by atoms with Crippen LogP contribution in [0.15, 0.2) is 36.7 Å². The van der Waals surface area contributed by atoms with Crippen molar-refractivity contribution in [2.45, 2.75) is 49.7 Å². The molecule has 6 rings (SSSR count). The maximum atomic E-state index is 13.0. The van der Waals surface area contributed by atoms with Crippen LogP contribution in [-0.2, 0) is 4.79 Å². The van der Waals surface area contributed by atoms with Crippen LogP contribution in [0.2, 0.25) is 0 Å². The zero-order valence-corrected chi connectivity index (χ0v) is 19.5. The molecule has 0 saturated heterocycles. The summed E-state index contributed by atoms with van der Waals surface area (Å²) in [4.78, 5) is 29.2. The second-order valence-electron chi connectivity index (χ2n) is 9.51. The molecule has 0 atom stereocenters. The number of hydrogen-bond acceptors (Lipinski definition) is 7. The predicted octanol–water partition coefficient (Wildman–Crippen LogP) is 1.99. The Balaban J connectivity index is 1.51. The van der Waals surface area contributed by atoms with E-state index in [1.807, 2.05) is 18.2 Å². The molecule has 3 heterocycles. The van der Waals surface area contributed by atoms with Crippen LogP contribution in [0.25, 0.3) is 16.9 Å². The fraction of sp³-hybridized carbons (Fsp3) is 0.400. The van der Waals surface area contributed by atoms with E-state index < -0.39 is 11.5 Å². The molecule has 0 aromatic carbocycles. The van der Waals surface area contributed by atoms with E-state index in [1.165, 1.54) is 19.4 Å². The molecular weight excluding hydrogens is 446 g/mol. The highest BCUT2D eigenvalue weighted by Gasteiger charge is 2.48. The van der Waals surface area contributed by atoms with Crippen molar-refractivity contribution in [3.8, 4) is 17.5 Å². The summed E-state index contributed by atoms with van der Waals surface area (Å²) in [5, 5.41) is 32.9. The van der Waals surface area contributed by atoms with Crippen molar-refractivity contribution in [2.24, 2.45) is 0 Å². The van der Waals surface area contributed by atoms with Crippen LogP contribution in [0.1, 0.15) is 54.4 Å². The molecule has 0 radical (unpaired) electrons. The number of nitrogens with zero attached hydrogens (tertiary/aromatic N) is 4. The SMILES string of the molecule is CNC(=O)CNC(=O)c1cnc(-c2ccc3cc(C#N)cnn23)cc1NC12CCC(O)(CC1)CC2. The van der Waals surface area contributed by atoms with E-state index in [4.69, 9.17) is 5.26 Å². The highest BCUT2D eigenvalue weighted by Crippen LogP contribution is 2.48. The molecule has 0 spiro atoms. The number of pyridine rings is 1. The topological polar surface area (TPSA) is 144 Å². The van der Waals surface area contributed by atoms with Crippen LogP contribution in [0.3, 0.4) is 0 Å². The van der Waals surface area contributed by atoms with Gasteiger partial charge in [0.15, 0.2) is 0 Å². The Hall–Kier alpha value is -3.97. The van der Waals surface area contributed by atoms with Gasteiger partial charge in [0.2, 0.25) is 5.91 Å². The zero-order valence-electron chi connectivity index (χ0n) is 19.5. The van der Waals surface area contributed by atoms with Gasteiger partial charge in [-0.05, 0) is 62.8 Å². The molecule has 2 amide bonds. The van der Waals surface area contributed by atoms with Crippen LogP contribution in [0.5, 0.6) is 0 Å². The average molecular weight is 474 g/mol. The van der Waals surface area contributed by atoms with Gasteiger partial charge in [0.1, 0.15) is 6.07 Å². The summed E-state index contributed by atoms with van der Waals surface area (Å²) in [5.41, 5.74) is 2.77. The maximum Gasteiger partial charge on any atom is 0.255 e.